The van der Waals surface area contributed by atoms with E-state index in [1.807, 2.05) is 12.1 Å². The predicted molar refractivity (Wildman–Crippen MR) is 93.8 cm³/mol. The summed E-state index contributed by atoms with van der Waals surface area (Å²) in [5, 5.41) is 0.804. The van der Waals surface area contributed by atoms with Crippen LogP contribution in [0.15, 0.2) is 22.7 Å². The van der Waals surface area contributed by atoms with Crippen molar-refractivity contribution in [3.63, 3.8) is 0 Å². The van der Waals surface area contributed by atoms with Crippen molar-refractivity contribution in [3.05, 3.63) is 33.3 Å². The van der Waals surface area contributed by atoms with E-state index in [-0.39, 0.29) is 6.04 Å². The molecule has 1 aliphatic rings. The summed E-state index contributed by atoms with van der Waals surface area (Å²) < 4.78 is 1.05. The fourth-order valence-corrected chi connectivity index (χ4v) is 3.64. The van der Waals surface area contributed by atoms with E-state index in [2.05, 4.69) is 45.6 Å². The van der Waals surface area contributed by atoms with Crippen LogP contribution in [0.25, 0.3) is 0 Å². The van der Waals surface area contributed by atoms with Crippen LogP contribution in [0.1, 0.15) is 25.5 Å². The van der Waals surface area contributed by atoms with Gasteiger partial charge in [-0.05, 0) is 29.7 Å². The summed E-state index contributed by atoms with van der Waals surface area (Å²) in [6.07, 6.45) is 0. The Bertz CT molecular complexity index is 459. The standard InChI is InChI=1S/C16H25BrClN3/c1-12(2)11-20-5-7-21(8-6-20)16(10-19)14-9-13(17)3-4-15(14)18/h3-4,9,12,16H,5-8,10-11,19H2,1-2H3. The number of hydrogen-bond donors (Lipinski definition) is 1. The van der Waals surface area contributed by atoms with Gasteiger partial charge in [0.05, 0.1) is 0 Å². The van der Waals surface area contributed by atoms with E-state index in [1.54, 1.807) is 0 Å². The Labute approximate surface area is 141 Å². The molecule has 0 spiro atoms. The summed E-state index contributed by atoms with van der Waals surface area (Å²) in [4.78, 5) is 5.00. The second-order valence-corrected chi connectivity index (χ2v) is 7.47. The molecule has 3 nitrogen and oxygen atoms in total. The van der Waals surface area contributed by atoms with E-state index in [0.717, 1.165) is 47.2 Å². The van der Waals surface area contributed by atoms with Crippen molar-refractivity contribution in [2.75, 3.05) is 39.3 Å². The normalized spacial score (nSPS) is 19.1. The summed E-state index contributed by atoms with van der Waals surface area (Å²) in [5.41, 5.74) is 7.17. The van der Waals surface area contributed by atoms with Gasteiger partial charge in [0.1, 0.15) is 0 Å². The molecular weight excluding hydrogens is 350 g/mol. The van der Waals surface area contributed by atoms with Crippen molar-refractivity contribution < 1.29 is 0 Å². The maximum absolute atomic E-state index is 6.37. The molecule has 1 aromatic rings. The zero-order valence-corrected chi connectivity index (χ0v) is 15.2. The highest BCUT2D eigenvalue weighted by molar-refractivity contribution is 9.10. The van der Waals surface area contributed by atoms with E-state index in [9.17, 15) is 0 Å². The van der Waals surface area contributed by atoms with Crippen LogP contribution in [0, 0.1) is 5.92 Å². The van der Waals surface area contributed by atoms with Crippen LogP contribution in [-0.4, -0.2) is 49.1 Å². The van der Waals surface area contributed by atoms with Crippen LogP contribution in [-0.2, 0) is 0 Å². The molecule has 0 radical (unpaired) electrons. The minimum Gasteiger partial charge on any atom is -0.329 e. The molecule has 1 saturated heterocycles. The van der Waals surface area contributed by atoms with Crippen molar-refractivity contribution in [2.45, 2.75) is 19.9 Å². The predicted octanol–water partition coefficient (Wildman–Crippen LogP) is 3.38. The minimum atomic E-state index is 0.205. The third-order valence-corrected chi connectivity index (χ3v) is 4.85. The molecule has 0 amide bonds. The third kappa shape index (κ3) is 4.67. The zero-order chi connectivity index (χ0) is 15.4. The average Bonchev–Trinajstić information content (AvgIpc) is 2.44. The number of nitrogens with two attached hydrogens (primary N) is 1. The van der Waals surface area contributed by atoms with Crippen LogP contribution < -0.4 is 5.73 Å². The lowest BCUT2D eigenvalue weighted by Crippen LogP contribution is -2.49. The molecular formula is C16H25BrClN3. The second-order valence-electron chi connectivity index (χ2n) is 6.15. The molecule has 0 saturated carbocycles. The molecule has 0 aromatic heterocycles. The highest BCUT2D eigenvalue weighted by atomic mass is 79.9. The summed E-state index contributed by atoms with van der Waals surface area (Å²) in [7, 11) is 0. The molecule has 2 rings (SSSR count). The monoisotopic (exact) mass is 373 g/mol. The Balaban J connectivity index is 2.04. The second kappa shape index (κ2) is 7.93. The van der Waals surface area contributed by atoms with Crippen LogP contribution in [0.4, 0.5) is 0 Å². The lowest BCUT2D eigenvalue weighted by Gasteiger charge is -2.40. The van der Waals surface area contributed by atoms with Crippen molar-refractivity contribution in [3.8, 4) is 0 Å². The quantitative estimate of drug-likeness (QED) is 0.857. The van der Waals surface area contributed by atoms with Gasteiger partial charge in [-0.15, -0.1) is 0 Å². The van der Waals surface area contributed by atoms with Gasteiger partial charge < -0.3 is 10.6 Å². The molecule has 2 N–H and O–H groups in total. The lowest BCUT2D eigenvalue weighted by atomic mass is 10.0. The zero-order valence-electron chi connectivity index (χ0n) is 12.9. The number of rotatable bonds is 5. The van der Waals surface area contributed by atoms with E-state index < -0.39 is 0 Å². The molecule has 21 heavy (non-hydrogen) atoms. The molecule has 1 aliphatic heterocycles. The number of piperazine rings is 1. The van der Waals surface area contributed by atoms with E-state index >= 15 is 0 Å². The Kier molecular flexibility index (Phi) is 6.51. The van der Waals surface area contributed by atoms with Crippen molar-refractivity contribution >= 4 is 27.5 Å². The summed E-state index contributed by atoms with van der Waals surface area (Å²) in [6.45, 7) is 10.7. The number of benzene rings is 1. The lowest BCUT2D eigenvalue weighted by molar-refractivity contribution is 0.0912. The maximum Gasteiger partial charge on any atom is 0.0486 e. The number of nitrogens with zero attached hydrogens (tertiary/aromatic N) is 2. The Hall–Kier alpha value is -0.130. The number of hydrogen-bond acceptors (Lipinski definition) is 3. The van der Waals surface area contributed by atoms with Crippen LogP contribution in [0.3, 0.4) is 0 Å². The van der Waals surface area contributed by atoms with E-state index in [0.29, 0.717) is 6.54 Å². The van der Waals surface area contributed by atoms with Gasteiger partial charge in [0.25, 0.3) is 0 Å². The van der Waals surface area contributed by atoms with E-state index in [4.69, 9.17) is 17.3 Å². The molecule has 0 aliphatic carbocycles. The van der Waals surface area contributed by atoms with Crippen molar-refractivity contribution in [1.82, 2.24) is 9.80 Å². The fourth-order valence-electron chi connectivity index (χ4n) is 3.02. The number of halogens is 2. The third-order valence-electron chi connectivity index (χ3n) is 4.01. The topological polar surface area (TPSA) is 32.5 Å². The Morgan fingerprint density at radius 2 is 1.90 bits per heavy atom. The SMILES string of the molecule is CC(C)CN1CCN(C(CN)c2cc(Br)ccc2Cl)CC1. The minimum absolute atomic E-state index is 0.205. The maximum atomic E-state index is 6.37. The van der Waals surface area contributed by atoms with Crippen LogP contribution in [0.2, 0.25) is 5.02 Å². The van der Waals surface area contributed by atoms with Gasteiger partial charge in [0.2, 0.25) is 0 Å². The van der Waals surface area contributed by atoms with Gasteiger partial charge >= 0.3 is 0 Å². The van der Waals surface area contributed by atoms with Gasteiger partial charge in [-0.3, -0.25) is 4.90 Å². The highest BCUT2D eigenvalue weighted by Gasteiger charge is 2.25. The van der Waals surface area contributed by atoms with Crippen molar-refractivity contribution in [2.24, 2.45) is 11.7 Å². The molecule has 5 heteroatoms. The van der Waals surface area contributed by atoms with Crippen molar-refractivity contribution in [1.29, 1.82) is 0 Å². The largest absolute Gasteiger partial charge is 0.329 e. The van der Waals surface area contributed by atoms with Crippen LogP contribution >= 0.6 is 27.5 Å². The van der Waals surface area contributed by atoms with E-state index in [1.165, 1.54) is 6.54 Å². The first-order chi connectivity index (χ1) is 10.0. The van der Waals surface area contributed by atoms with Gasteiger partial charge in [0, 0.05) is 54.8 Å². The Morgan fingerprint density at radius 1 is 1.24 bits per heavy atom. The first kappa shape index (κ1) is 17.2. The van der Waals surface area contributed by atoms with Crippen LogP contribution in [0.5, 0.6) is 0 Å². The Morgan fingerprint density at radius 3 is 2.48 bits per heavy atom. The fraction of sp³-hybridized carbons (Fsp3) is 0.625. The summed E-state index contributed by atoms with van der Waals surface area (Å²) in [5.74, 6) is 0.723. The van der Waals surface area contributed by atoms with Gasteiger partial charge in [-0.2, -0.15) is 0 Å². The molecule has 0 bridgehead atoms. The molecule has 1 heterocycles. The average molecular weight is 375 g/mol. The molecule has 1 atom stereocenters. The van der Waals surface area contributed by atoms with Gasteiger partial charge in [0.15, 0.2) is 0 Å². The summed E-state index contributed by atoms with van der Waals surface area (Å²) >= 11 is 9.90. The molecule has 1 fully saturated rings. The highest BCUT2D eigenvalue weighted by Crippen LogP contribution is 2.30. The molecule has 1 aromatic carbocycles. The first-order valence-electron chi connectivity index (χ1n) is 7.62. The molecule has 1 unspecified atom stereocenters. The molecule has 118 valence electrons. The van der Waals surface area contributed by atoms with Gasteiger partial charge in [-0.1, -0.05) is 41.4 Å². The summed E-state index contributed by atoms with van der Waals surface area (Å²) in [6, 6.07) is 6.22. The smallest absolute Gasteiger partial charge is 0.0486 e. The van der Waals surface area contributed by atoms with Gasteiger partial charge in [-0.25, -0.2) is 0 Å². The first-order valence-corrected chi connectivity index (χ1v) is 8.79.